The van der Waals surface area contributed by atoms with Crippen molar-refractivity contribution < 1.29 is 17.7 Å². The van der Waals surface area contributed by atoms with E-state index >= 15 is 0 Å². The Balaban J connectivity index is 0.00000121. The van der Waals surface area contributed by atoms with Gasteiger partial charge in [0, 0.05) is 0 Å². The second kappa shape index (κ2) is 5.47. The average Bonchev–Trinajstić information content (AvgIpc) is 2.28. The number of hydrogen-bond acceptors (Lipinski definition) is 3. The van der Waals surface area contributed by atoms with Crippen molar-refractivity contribution in [1.29, 1.82) is 1.17 Å². The van der Waals surface area contributed by atoms with Crippen molar-refractivity contribution in [3.63, 3.8) is 0 Å². The van der Waals surface area contributed by atoms with E-state index in [4.69, 9.17) is 19.9 Å². The monoisotopic (exact) mass is 220 g/mol. The van der Waals surface area contributed by atoms with Crippen LogP contribution in [0.25, 0.3) is 0 Å². The van der Waals surface area contributed by atoms with Crippen molar-refractivity contribution in [1.82, 2.24) is 0 Å². The summed E-state index contributed by atoms with van der Waals surface area (Å²) in [6.45, 7) is 0. The lowest BCUT2D eigenvalue weighted by Crippen LogP contribution is -2.32. The van der Waals surface area contributed by atoms with Gasteiger partial charge >= 0.3 is 5.97 Å². The second-order valence-corrected chi connectivity index (χ2v) is 2.65. The number of nitrogens with two attached hydrogens (primary N) is 1. The molecule has 1 aromatic carbocycles. The zero-order chi connectivity index (χ0) is 13.6. The fourth-order valence-corrected chi connectivity index (χ4v) is 0.865. The Morgan fingerprint density at radius 2 is 2.14 bits per heavy atom. The van der Waals surface area contributed by atoms with Gasteiger partial charge in [-0.1, -0.05) is 12.1 Å². The van der Waals surface area contributed by atoms with Gasteiger partial charge in [0.05, 0.1) is 2.74 Å². The molecule has 0 amide bonds. The standard InChI is InChI=1S/C9H11NO3.ClH/c10-8(9(12)13)5-6-1-3-7(11)4-2-6;/h1-4,8,11H,5,10H2,(H,12,13);1H/t8-;/m0./s1/i3D,4D;/hD. The van der Waals surface area contributed by atoms with Crippen molar-refractivity contribution in [3.05, 3.63) is 29.8 Å². The zero-order valence-electron chi connectivity index (χ0n) is 10.2. The first-order valence-corrected chi connectivity index (χ1v) is 3.69. The van der Waals surface area contributed by atoms with Crippen LogP contribution in [0.3, 0.4) is 0 Å². The summed E-state index contributed by atoms with van der Waals surface area (Å²) in [5, 5.41) is 17.7. The van der Waals surface area contributed by atoms with E-state index in [1.54, 1.807) is 0 Å². The van der Waals surface area contributed by atoms with Crippen LogP contribution in [0, 0.1) is 0 Å². The van der Waals surface area contributed by atoms with E-state index in [1.807, 2.05) is 0 Å². The molecule has 78 valence electrons. The maximum Gasteiger partial charge on any atom is 0.320 e. The first-order valence-electron chi connectivity index (χ1n) is 5.07. The average molecular weight is 221 g/mol. The number of carboxylic acid groups (broad SMARTS) is 1. The van der Waals surface area contributed by atoms with Gasteiger partial charge in [0.2, 0.25) is 0 Å². The van der Waals surface area contributed by atoms with Crippen LogP contribution >= 0.6 is 12.3 Å². The van der Waals surface area contributed by atoms with E-state index in [0.29, 0.717) is 5.56 Å². The molecule has 0 unspecified atom stereocenters. The van der Waals surface area contributed by atoms with E-state index < -0.39 is 17.8 Å². The molecule has 0 bridgehead atoms. The minimum atomic E-state index is -1.14. The van der Waals surface area contributed by atoms with Gasteiger partial charge in [-0.3, -0.25) is 4.79 Å². The normalized spacial score (nSPS) is 14.0. The Hall–Kier alpha value is -1.26. The van der Waals surface area contributed by atoms with E-state index in [9.17, 15) is 4.79 Å². The van der Waals surface area contributed by atoms with Crippen LogP contribution in [0.1, 0.15) is 8.30 Å². The Morgan fingerprint density at radius 3 is 2.57 bits per heavy atom. The van der Waals surface area contributed by atoms with Crippen LogP contribution in [-0.4, -0.2) is 23.4 Å². The Labute approximate surface area is 91.7 Å². The molecule has 14 heavy (non-hydrogen) atoms. The van der Waals surface area contributed by atoms with Gasteiger partial charge in [-0.2, -0.15) is 0 Å². The molecular formula is C9H12ClNO3. The summed E-state index contributed by atoms with van der Waals surface area (Å²) >= 11 is 3.89. The number of halogens is 1. The van der Waals surface area contributed by atoms with E-state index in [1.165, 1.54) is 12.1 Å². The van der Waals surface area contributed by atoms with Gasteiger partial charge in [0.1, 0.15) is 13.0 Å². The molecule has 0 aromatic heterocycles. The number of hydrogen-bond donors (Lipinski definition) is 3. The van der Waals surface area contributed by atoms with Crippen LogP contribution in [-0.2, 0) is 11.2 Å². The number of carboxylic acids is 1. The summed E-state index contributed by atoms with van der Waals surface area (Å²) in [5.74, 6) is -1.55. The van der Waals surface area contributed by atoms with E-state index in [-0.39, 0.29) is 18.5 Å². The number of phenolic OH excluding ortho intramolecular Hbond substituents is 1. The molecule has 0 fully saturated rings. The fraction of sp³-hybridized carbons (Fsp3) is 0.222. The molecule has 1 atom stereocenters. The molecule has 1 rings (SSSR count). The van der Waals surface area contributed by atoms with Crippen LogP contribution in [0.2, 0.25) is 0 Å². The first-order chi connectivity index (χ1) is 7.91. The third-order valence-electron chi connectivity index (χ3n) is 1.56. The largest absolute Gasteiger partial charge is 0.508 e. The summed E-state index contributed by atoms with van der Waals surface area (Å²) < 4.78 is 19.8. The quantitative estimate of drug-likeness (QED) is 0.703. The topological polar surface area (TPSA) is 83.6 Å². The van der Waals surface area contributed by atoms with Crippen LogP contribution in [0.5, 0.6) is 5.75 Å². The number of aromatic hydroxyl groups is 1. The molecule has 4 nitrogen and oxygen atoms in total. The number of rotatable bonds is 3. The molecule has 1 aromatic rings. The SMILES string of the molecule is [2H]Cl.[2H]c1cc(C[C@H](N)C(=O)O)cc([2H])c1O. The van der Waals surface area contributed by atoms with Crippen molar-refractivity contribution in [2.75, 3.05) is 0 Å². The van der Waals surface area contributed by atoms with Gasteiger partial charge in [-0.15, -0.1) is 12.3 Å². The lowest BCUT2D eigenvalue weighted by Gasteiger charge is -2.05. The lowest BCUT2D eigenvalue weighted by molar-refractivity contribution is -0.138. The molecule has 0 saturated carbocycles. The van der Waals surface area contributed by atoms with Gasteiger partial charge < -0.3 is 15.9 Å². The molecule has 0 aliphatic heterocycles. The smallest absolute Gasteiger partial charge is 0.320 e. The van der Waals surface area contributed by atoms with Gasteiger partial charge in [-0.05, 0) is 24.1 Å². The zero-order valence-corrected chi connectivity index (χ0v) is 7.95. The minimum Gasteiger partial charge on any atom is -0.508 e. The van der Waals surface area contributed by atoms with Crippen molar-refractivity contribution in [2.45, 2.75) is 12.5 Å². The molecule has 0 aliphatic rings. The Kier molecular flexibility index (Phi) is 3.16. The third kappa shape index (κ3) is 3.64. The third-order valence-corrected chi connectivity index (χ3v) is 1.56. The Bertz CT molecular complexity index is 380. The van der Waals surface area contributed by atoms with Crippen LogP contribution in [0.4, 0.5) is 0 Å². The van der Waals surface area contributed by atoms with Crippen LogP contribution < -0.4 is 5.73 Å². The van der Waals surface area contributed by atoms with E-state index in [0.717, 1.165) is 0 Å². The molecule has 4 N–H and O–H groups in total. The van der Waals surface area contributed by atoms with Crippen molar-refractivity contribution >= 4 is 18.3 Å². The van der Waals surface area contributed by atoms with Crippen LogP contribution in [0.15, 0.2) is 24.2 Å². The maximum atomic E-state index is 10.5. The second-order valence-electron chi connectivity index (χ2n) is 2.65. The lowest BCUT2D eigenvalue weighted by atomic mass is 10.1. The summed E-state index contributed by atoms with van der Waals surface area (Å²) in [5.41, 5.74) is 5.76. The summed E-state index contributed by atoms with van der Waals surface area (Å²) in [4.78, 5) is 10.5. The highest BCUT2D eigenvalue weighted by Crippen LogP contribution is 2.10. The molecule has 5 heteroatoms. The maximum absolute atomic E-state index is 10.5. The van der Waals surface area contributed by atoms with Gasteiger partial charge in [0.15, 0.2) is 0 Å². The van der Waals surface area contributed by atoms with E-state index in [2.05, 4.69) is 12.3 Å². The highest BCUT2D eigenvalue weighted by Gasteiger charge is 2.11. The first kappa shape index (κ1) is 8.08. The number of carbonyl (C=O) groups is 1. The summed E-state index contributed by atoms with van der Waals surface area (Å²) in [6.07, 6.45) is 0.0351. The highest BCUT2D eigenvalue weighted by atomic mass is 35.5. The van der Waals surface area contributed by atoms with Gasteiger partial charge in [-0.25, -0.2) is 0 Å². The molecule has 0 spiro atoms. The Morgan fingerprint density at radius 1 is 1.64 bits per heavy atom. The van der Waals surface area contributed by atoms with Crippen molar-refractivity contribution in [2.24, 2.45) is 5.73 Å². The number of aliphatic carboxylic acids is 1. The number of phenols is 1. The fourth-order valence-electron chi connectivity index (χ4n) is 0.865. The summed E-state index contributed by atoms with van der Waals surface area (Å²) in [7, 11) is 0. The number of benzene rings is 1. The molecule has 0 saturated heterocycles. The van der Waals surface area contributed by atoms with Gasteiger partial charge in [0.25, 0.3) is 0 Å². The van der Waals surface area contributed by atoms with Crippen molar-refractivity contribution in [3.8, 4) is 5.75 Å². The summed E-state index contributed by atoms with van der Waals surface area (Å²) in [6, 6.07) is 1.14. The molecule has 0 aliphatic carbocycles. The molecule has 0 heterocycles. The highest BCUT2D eigenvalue weighted by molar-refractivity contribution is 5.85. The molecular weight excluding hydrogens is 206 g/mol. The minimum absolute atomic E-state index is 0.0351. The molecule has 0 radical (unpaired) electrons. The predicted molar refractivity (Wildman–Crippen MR) is 54.7 cm³/mol. The predicted octanol–water partition coefficient (Wildman–Crippen LogP) is 0.768.